The van der Waals surface area contributed by atoms with Crippen LogP contribution in [0.5, 0.6) is 5.75 Å². The summed E-state index contributed by atoms with van der Waals surface area (Å²) in [4.78, 5) is 16.7. The minimum Gasteiger partial charge on any atom is -1.00 e. The molecule has 1 heterocycles. The predicted molar refractivity (Wildman–Crippen MR) is 72.2 cm³/mol. The van der Waals surface area contributed by atoms with Crippen LogP contribution in [-0.4, -0.2) is 33.2 Å². The number of nitrogens with zero attached hydrogens (tertiary/aromatic N) is 3. The number of H-pyrrole nitrogens is 1. The topological polar surface area (TPSA) is 94.1 Å². The number of aromatic amines is 1. The maximum atomic E-state index is 11.6. The van der Waals surface area contributed by atoms with Crippen molar-refractivity contribution in [1.29, 1.82) is 0 Å². The second-order valence-corrected chi connectivity index (χ2v) is 4.20. The van der Waals surface area contributed by atoms with Crippen molar-refractivity contribution in [2.24, 2.45) is 0 Å². The molecule has 1 aromatic heterocycles. The first-order valence-electron chi connectivity index (χ1n) is 5.70. The molecule has 21 heavy (non-hydrogen) atoms. The summed E-state index contributed by atoms with van der Waals surface area (Å²) in [5.74, 6) is 0.402. The molecule has 1 amide bonds. The summed E-state index contributed by atoms with van der Waals surface area (Å²) in [6.45, 7) is 0.219. The molecule has 108 valence electrons. The van der Waals surface area contributed by atoms with E-state index >= 15 is 0 Å². The number of hydroxylamine groups is 1. The first-order chi connectivity index (χ1) is 9.69. The van der Waals surface area contributed by atoms with Gasteiger partial charge in [0.1, 0.15) is 12.3 Å². The van der Waals surface area contributed by atoms with Gasteiger partial charge in [-0.1, -0.05) is 22.4 Å². The summed E-state index contributed by atoms with van der Waals surface area (Å²) >= 11 is 4.84. The molecule has 1 aromatic carbocycles. The summed E-state index contributed by atoms with van der Waals surface area (Å²) in [6.07, 6.45) is 0. The van der Waals surface area contributed by atoms with Crippen molar-refractivity contribution in [3.8, 4) is 5.75 Å². The van der Waals surface area contributed by atoms with Crippen LogP contribution in [0.3, 0.4) is 0 Å². The van der Waals surface area contributed by atoms with Crippen molar-refractivity contribution >= 4 is 18.1 Å². The number of methoxy groups -OCH3 is 1. The number of aromatic nitrogens is 4. The van der Waals surface area contributed by atoms with Crippen molar-refractivity contribution in [3.63, 3.8) is 0 Å². The minimum atomic E-state index is -0.360. The van der Waals surface area contributed by atoms with Crippen LogP contribution in [0.4, 0.5) is 0 Å². The fraction of sp³-hybridized carbons (Fsp3) is 0.273. The molecule has 2 N–H and O–H groups in total. The van der Waals surface area contributed by atoms with E-state index in [0.29, 0.717) is 0 Å². The monoisotopic (exact) mass is 319 g/mol. The van der Waals surface area contributed by atoms with E-state index in [1.54, 1.807) is 7.11 Å². The molecular weight excluding hydrogens is 305 g/mol. The quantitative estimate of drug-likeness (QED) is 0.354. The number of tetrazole rings is 1. The normalized spacial score (nSPS) is 9.76. The Kier molecular flexibility index (Phi) is 7.54. The van der Waals surface area contributed by atoms with Crippen LogP contribution in [0.1, 0.15) is 6.99 Å². The third-order valence-electron chi connectivity index (χ3n) is 2.42. The third-order valence-corrected chi connectivity index (χ3v) is 2.72. The average molecular weight is 319 g/mol. The van der Waals surface area contributed by atoms with Gasteiger partial charge in [0.05, 0.1) is 13.7 Å². The van der Waals surface area contributed by atoms with Gasteiger partial charge in [-0.2, -0.15) is 5.21 Å². The van der Waals surface area contributed by atoms with E-state index in [-0.39, 0.29) is 54.8 Å². The number of rotatable bonds is 6. The molecule has 10 heteroatoms. The summed E-state index contributed by atoms with van der Waals surface area (Å²) in [5, 5.41) is 9.50. The van der Waals surface area contributed by atoms with E-state index < -0.39 is 0 Å². The van der Waals surface area contributed by atoms with Crippen LogP contribution >= 0.6 is 12.2 Å². The molecule has 0 aliphatic rings. The largest absolute Gasteiger partial charge is 1.00 e. The van der Waals surface area contributed by atoms with Crippen LogP contribution in [0.2, 0.25) is 0 Å². The molecule has 0 atom stereocenters. The zero-order valence-electron chi connectivity index (χ0n) is 12.7. The number of nitrogens with one attached hydrogen (secondary N) is 2. The summed E-state index contributed by atoms with van der Waals surface area (Å²) in [5.41, 5.74) is 3.22. The molecule has 8 nitrogen and oxygen atoms in total. The Morgan fingerprint density at radius 2 is 2.19 bits per heavy atom. The molecule has 0 unspecified atom stereocenters. The van der Waals surface area contributed by atoms with Gasteiger partial charge in [-0.25, -0.2) is 10.2 Å². The number of benzene rings is 1. The van der Waals surface area contributed by atoms with Crippen molar-refractivity contribution in [1.82, 2.24) is 25.7 Å². The predicted octanol–water partition coefficient (Wildman–Crippen LogP) is -2.29. The first kappa shape index (κ1) is 17.8. The maximum Gasteiger partial charge on any atom is 1.00 e. The summed E-state index contributed by atoms with van der Waals surface area (Å²) in [6, 6.07) is 7.33. The Bertz CT molecular complexity index is 633. The van der Waals surface area contributed by atoms with Crippen molar-refractivity contribution < 1.29 is 45.4 Å². The van der Waals surface area contributed by atoms with Crippen LogP contribution in [0.15, 0.2) is 24.3 Å². The van der Waals surface area contributed by atoms with Gasteiger partial charge in [-0.3, -0.25) is 9.63 Å². The van der Waals surface area contributed by atoms with Gasteiger partial charge >= 0.3 is 29.6 Å². The number of ether oxygens (including phenoxy) is 1. The molecule has 0 saturated heterocycles. The van der Waals surface area contributed by atoms with E-state index in [2.05, 4.69) is 21.0 Å². The number of amides is 1. The Morgan fingerprint density at radius 3 is 2.76 bits per heavy atom. The fourth-order valence-electron chi connectivity index (χ4n) is 1.42. The van der Waals surface area contributed by atoms with Crippen LogP contribution in [0, 0.1) is 4.77 Å². The van der Waals surface area contributed by atoms with E-state index in [1.165, 1.54) is 4.68 Å². The standard InChI is InChI=1S/C11H13N5O3S.Na.H/c1-18-9-4-2-8(3-5-9)7-19-13-10(17)6-16-11(20)12-14-15-16;;/h2-5H,6-7H2,1H3,(H,13,17)(H,12,15,20);;/q;+1;-1. The Labute approximate surface area is 149 Å². The SMILES string of the molecule is COc1ccc(CONC(=O)Cn2[nH]nnc2=S)cc1.[H-].[Na+]. The van der Waals surface area contributed by atoms with Gasteiger partial charge in [0.15, 0.2) is 0 Å². The second kappa shape index (κ2) is 8.90. The van der Waals surface area contributed by atoms with Gasteiger partial charge in [0.25, 0.3) is 5.91 Å². The maximum absolute atomic E-state index is 11.6. The number of hydrogen-bond acceptors (Lipinski definition) is 6. The van der Waals surface area contributed by atoms with Gasteiger partial charge in [-0.05, 0) is 29.9 Å². The van der Waals surface area contributed by atoms with Crippen LogP contribution in [0.25, 0.3) is 0 Å². The number of carbonyl (C=O) groups is 1. The van der Waals surface area contributed by atoms with Crippen LogP contribution < -0.4 is 39.8 Å². The average Bonchev–Trinajstić information content (AvgIpc) is 2.85. The second-order valence-electron chi connectivity index (χ2n) is 3.83. The van der Waals surface area contributed by atoms with E-state index in [0.717, 1.165) is 11.3 Å². The molecule has 0 fully saturated rings. The molecular formula is C11H14N5NaO3S. The molecule has 0 aliphatic carbocycles. The molecule has 0 saturated carbocycles. The van der Waals surface area contributed by atoms with Gasteiger partial charge < -0.3 is 6.16 Å². The molecule has 0 bridgehead atoms. The molecule has 2 aromatic rings. The van der Waals surface area contributed by atoms with E-state index in [9.17, 15) is 4.79 Å². The van der Waals surface area contributed by atoms with Gasteiger partial charge in [0, 0.05) is 0 Å². The Hall–Kier alpha value is -1.26. The van der Waals surface area contributed by atoms with Crippen molar-refractivity contribution in [3.05, 3.63) is 34.6 Å². The Balaban J connectivity index is 0.00000220. The fourth-order valence-corrected chi connectivity index (χ4v) is 1.56. The zero-order chi connectivity index (χ0) is 14.4. The molecule has 0 radical (unpaired) electrons. The molecule has 0 spiro atoms. The Morgan fingerprint density at radius 1 is 1.48 bits per heavy atom. The van der Waals surface area contributed by atoms with E-state index in [4.69, 9.17) is 21.8 Å². The van der Waals surface area contributed by atoms with Crippen molar-refractivity contribution in [2.45, 2.75) is 13.2 Å². The zero-order valence-corrected chi connectivity index (χ0v) is 14.5. The van der Waals surface area contributed by atoms with E-state index in [1.807, 2.05) is 24.3 Å². The minimum absolute atomic E-state index is 0. The molecule has 2 rings (SSSR count). The van der Waals surface area contributed by atoms with Gasteiger partial charge in [0.2, 0.25) is 4.77 Å². The third kappa shape index (κ3) is 5.56. The molecule has 0 aliphatic heterocycles. The van der Waals surface area contributed by atoms with Crippen molar-refractivity contribution in [2.75, 3.05) is 7.11 Å². The van der Waals surface area contributed by atoms with Crippen LogP contribution in [-0.2, 0) is 22.8 Å². The summed E-state index contributed by atoms with van der Waals surface area (Å²) < 4.78 is 6.57. The number of carbonyl (C=O) groups excluding carboxylic acids is 1. The first-order valence-corrected chi connectivity index (χ1v) is 6.11. The number of hydrogen-bond donors (Lipinski definition) is 2. The smallest absolute Gasteiger partial charge is 1.00 e. The summed E-state index contributed by atoms with van der Waals surface area (Å²) in [7, 11) is 1.60. The van der Waals surface area contributed by atoms with Gasteiger partial charge in [-0.15, -0.1) is 0 Å².